The summed E-state index contributed by atoms with van der Waals surface area (Å²) in [6.07, 6.45) is 16.5. The molecule has 4 heteroatoms. The summed E-state index contributed by atoms with van der Waals surface area (Å²) in [5.74, 6) is -1.41. The van der Waals surface area contributed by atoms with E-state index < -0.39 is 11.9 Å². The summed E-state index contributed by atoms with van der Waals surface area (Å²) in [6.45, 7) is 7.11. The van der Waals surface area contributed by atoms with Gasteiger partial charge in [0.05, 0.1) is 0 Å². The monoisotopic (exact) mass is 324 g/mol. The number of hydrogen-bond donors (Lipinski definition) is 0. The van der Waals surface area contributed by atoms with E-state index >= 15 is 0 Å². The van der Waals surface area contributed by atoms with Crippen molar-refractivity contribution in [2.75, 3.05) is 0 Å². The Labute approximate surface area is 140 Å². The van der Waals surface area contributed by atoms with Crippen molar-refractivity contribution in [2.45, 2.75) is 84.5 Å². The Hall–Kier alpha value is -1.58. The minimum Gasteiger partial charge on any atom is -0.242 e. The van der Waals surface area contributed by atoms with Crippen LogP contribution >= 0.6 is 0 Å². The van der Waals surface area contributed by atoms with Crippen LogP contribution in [0.1, 0.15) is 84.5 Å². The van der Waals surface area contributed by atoms with Crippen molar-refractivity contribution in [3.05, 3.63) is 24.3 Å². The van der Waals surface area contributed by atoms with Gasteiger partial charge in [-0.25, -0.2) is 19.4 Å². The standard InChI is InChI=1S/C19H32O4/c1-4-6-7-8-9-10-11-12-13-14-15-16-17(3)19(21)23-22-18(20)5-2/h5,16H,2,4,6-15H2,1,3H3/b17-16+. The predicted octanol–water partition coefficient (Wildman–Crippen LogP) is 5.43. The SMILES string of the molecule is C=CC(=O)OOC(=O)/C(C)=C/CCCCCCCCCCCC. The molecule has 0 aliphatic rings. The molecule has 0 fully saturated rings. The molecule has 0 aromatic carbocycles. The number of carbonyl (C=O) groups is 2. The number of carbonyl (C=O) groups excluding carboxylic acids is 2. The van der Waals surface area contributed by atoms with Gasteiger partial charge in [-0.3, -0.25) is 0 Å². The lowest BCUT2D eigenvalue weighted by atomic mass is 10.1. The van der Waals surface area contributed by atoms with Crippen LogP contribution in [-0.2, 0) is 19.4 Å². The fourth-order valence-electron chi connectivity index (χ4n) is 2.21. The van der Waals surface area contributed by atoms with E-state index in [1.165, 1.54) is 57.8 Å². The highest BCUT2D eigenvalue weighted by molar-refractivity contribution is 5.88. The first-order valence-corrected chi connectivity index (χ1v) is 8.83. The molecule has 0 saturated heterocycles. The van der Waals surface area contributed by atoms with Crippen LogP contribution in [-0.4, -0.2) is 11.9 Å². The Morgan fingerprint density at radius 2 is 1.39 bits per heavy atom. The molecule has 0 aliphatic carbocycles. The number of unbranched alkanes of at least 4 members (excludes halogenated alkanes) is 10. The lowest BCUT2D eigenvalue weighted by molar-refractivity contribution is -0.251. The molecule has 0 amide bonds. The molecule has 0 spiro atoms. The summed E-state index contributed by atoms with van der Waals surface area (Å²) in [5, 5.41) is 0. The molecule has 23 heavy (non-hydrogen) atoms. The van der Waals surface area contributed by atoms with E-state index in [4.69, 9.17) is 0 Å². The molecule has 0 rings (SSSR count). The lowest BCUT2D eigenvalue weighted by Gasteiger charge is -2.02. The zero-order valence-corrected chi connectivity index (χ0v) is 14.8. The summed E-state index contributed by atoms with van der Waals surface area (Å²) in [5.41, 5.74) is 0.456. The molecule has 0 atom stereocenters. The average Bonchev–Trinajstić information content (AvgIpc) is 2.56. The molecule has 132 valence electrons. The van der Waals surface area contributed by atoms with Crippen LogP contribution in [0.3, 0.4) is 0 Å². The van der Waals surface area contributed by atoms with Crippen LogP contribution in [0, 0.1) is 0 Å². The second kappa shape index (κ2) is 15.3. The van der Waals surface area contributed by atoms with Gasteiger partial charge in [-0.1, -0.05) is 77.4 Å². The molecule has 0 bridgehead atoms. The molecule has 0 unspecified atom stereocenters. The van der Waals surface area contributed by atoms with E-state index in [2.05, 4.69) is 23.3 Å². The summed E-state index contributed by atoms with van der Waals surface area (Å²) in [7, 11) is 0. The van der Waals surface area contributed by atoms with E-state index in [9.17, 15) is 9.59 Å². The topological polar surface area (TPSA) is 52.6 Å². The highest BCUT2D eigenvalue weighted by atomic mass is 17.2. The first kappa shape index (κ1) is 21.4. The third-order valence-corrected chi connectivity index (χ3v) is 3.70. The molecular formula is C19H32O4. The zero-order valence-electron chi connectivity index (χ0n) is 14.8. The Balaban J connectivity index is 3.52. The molecule has 4 nitrogen and oxygen atoms in total. The first-order valence-electron chi connectivity index (χ1n) is 8.83. The third kappa shape index (κ3) is 13.8. The van der Waals surface area contributed by atoms with Gasteiger partial charge < -0.3 is 0 Å². The highest BCUT2D eigenvalue weighted by Crippen LogP contribution is 2.12. The molecule has 0 aromatic rings. The Morgan fingerprint density at radius 1 is 0.870 bits per heavy atom. The largest absolute Gasteiger partial charge is 0.381 e. The van der Waals surface area contributed by atoms with E-state index in [0.717, 1.165) is 18.9 Å². The van der Waals surface area contributed by atoms with Crippen molar-refractivity contribution < 1.29 is 19.4 Å². The quantitative estimate of drug-likeness (QED) is 0.196. The summed E-state index contributed by atoms with van der Waals surface area (Å²) >= 11 is 0. The first-order chi connectivity index (χ1) is 11.1. The van der Waals surface area contributed by atoms with E-state index in [0.29, 0.717) is 5.57 Å². The average molecular weight is 324 g/mol. The molecule has 0 saturated carbocycles. The van der Waals surface area contributed by atoms with Gasteiger partial charge in [-0.2, -0.15) is 0 Å². The van der Waals surface area contributed by atoms with Gasteiger partial charge in [-0.05, 0) is 19.8 Å². The van der Waals surface area contributed by atoms with Crippen molar-refractivity contribution in [1.29, 1.82) is 0 Å². The van der Waals surface area contributed by atoms with Crippen molar-refractivity contribution >= 4 is 11.9 Å². The van der Waals surface area contributed by atoms with Crippen molar-refractivity contribution in [3.8, 4) is 0 Å². The van der Waals surface area contributed by atoms with Gasteiger partial charge in [0.2, 0.25) is 0 Å². The van der Waals surface area contributed by atoms with E-state index in [1.54, 1.807) is 6.92 Å². The van der Waals surface area contributed by atoms with Gasteiger partial charge in [0.25, 0.3) is 0 Å². The maximum absolute atomic E-state index is 11.5. The van der Waals surface area contributed by atoms with Gasteiger partial charge >= 0.3 is 11.9 Å². The van der Waals surface area contributed by atoms with E-state index in [1.807, 2.05) is 6.08 Å². The van der Waals surface area contributed by atoms with Crippen LogP contribution in [0.2, 0.25) is 0 Å². The fourth-order valence-corrected chi connectivity index (χ4v) is 2.21. The second-order valence-corrected chi connectivity index (χ2v) is 5.84. The predicted molar refractivity (Wildman–Crippen MR) is 92.6 cm³/mol. The minimum absolute atomic E-state index is 0.456. The van der Waals surface area contributed by atoms with Gasteiger partial charge in [-0.15, -0.1) is 0 Å². The van der Waals surface area contributed by atoms with Crippen molar-refractivity contribution in [3.63, 3.8) is 0 Å². The molecular weight excluding hydrogens is 292 g/mol. The highest BCUT2D eigenvalue weighted by Gasteiger charge is 2.08. The van der Waals surface area contributed by atoms with Crippen LogP contribution in [0.15, 0.2) is 24.3 Å². The van der Waals surface area contributed by atoms with Crippen molar-refractivity contribution in [1.82, 2.24) is 0 Å². The van der Waals surface area contributed by atoms with Gasteiger partial charge in [0.15, 0.2) is 0 Å². The Morgan fingerprint density at radius 3 is 1.91 bits per heavy atom. The fraction of sp³-hybridized carbons (Fsp3) is 0.684. The van der Waals surface area contributed by atoms with E-state index in [-0.39, 0.29) is 0 Å². The smallest absolute Gasteiger partial charge is 0.242 e. The minimum atomic E-state index is -0.777. The summed E-state index contributed by atoms with van der Waals surface area (Å²) in [4.78, 5) is 30.8. The molecule has 0 N–H and O–H groups in total. The number of hydrogen-bond acceptors (Lipinski definition) is 4. The number of allylic oxidation sites excluding steroid dienone is 1. The molecule has 0 aromatic heterocycles. The van der Waals surface area contributed by atoms with Crippen LogP contribution in [0.5, 0.6) is 0 Å². The maximum Gasteiger partial charge on any atom is 0.381 e. The normalized spacial score (nSPS) is 11.1. The Kier molecular flexibility index (Phi) is 14.3. The molecule has 0 aliphatic heterocycles. The van der Waals surface area contributed by atoms with Crippen LogP contribution in [0.25, 0.3) is 0 Å². The summed E-state index contributed by atoms with van der Waals surface area (Å²) in [6, 6.07) is 0. The maximum atomic E-state index is 11.5. The molecule has 0 heterocycles. The van der Waals surface area contributed by atoms with Gasteiger partial charge in [0, 0.05) is 11.6 Å². The van der Waals surface area contributed by atoms with Gasteiger partial charge in [0.1, 0.15) is 0 Å². The zero-order chi connectivity index (χ0) is 17.3. The van der Waals surface area contributed by atoms with Crippen LogP contribution in [0.4, 0.5) is 0 Å². The Bertz CT molecular complexity index is 372. The lowest BCUT2D eigenvalue weighted by Crippen LogP contribution is -2.10. The summed E-state index contributed by atoms with van der Waals surface area (Å²) < 4.78 is 0. The number of rotatable bonds is 13. The van der Waals surface area contributed by atoms with Crippen LogP contribution < -0.4 is 0 Å². The third-order valence-electron chi connectivity index (χ3n) is 3.70. The molecule has 0 radical (unpaired) electrons. The van der Waals surface area contributed by atoms with Crippen molar-refractivity contribution in [2.24, 2.45) is 0 Å². The second-order valence-electron chi connectivity index (χ2n) is 5.84.